The fraction of sp³-hybridized carbons (Fsp3) is 0.476. The molecule has 2 heterocycles. The molecule has 1 spiro atoms. The monoisotopic (exact) mass is 931 g/mol. The molecule has 0 radical (unpaired) electrons. The number of rotatable bonds is 13. The van der Waals surface area contributed by atoms with Crippen LogP contribution in [0.2, 0.25) is 25.1 Å². The molecule has 11 nitrogen and oxygen atoms in total. The van der Waals surface area contributed by atoms with Gasteiger partial charge in [0.1, 0.15) is 23.7 Å². The molecular formula is C42H47Cl5NO10P. The topological polar surface area (TPSA) is 144 Å². The van der Waals surface area contributed by atoms with Crippen molar-refractivity contribution in [2.45, 2.75) is 85.7 Å². The molecule has 0 fully saturated rings. The smallest absolute Gasteiger partial charge is 0.341 e. The van der Waals surface area contributed by atoms with E-state index >= 15 is 0 Å². The zero-order chi connectivity index (χ0) is 44.0. The molecule has 1 N–H and O–H groups in total. The maximum Gasteiger partial charge on any atom is 0.341 e. The first-order valence-electron chi connectivity index (χ1n) is 18.9. The van der Waals surface area contributed by atoms with Gasteiger partial charge in [0.05, 0.1) is 41.8 Å². The predicted molar refractivity (Wildman–Crippen MR) is 231 cm³/mol. The number of ether oxygens (including phenoxy) is 5. The van der Waals surface area contributed by atoms with Gasteiger partial charge in [0.25, 0.3) is 0 Å². The Balaban J connectivity index is 1.77. The molecule has 5 rings (SSSR count). The molecule has 0 saturated carbocycles. The number of fused-ring (bicyclic) bond motifs is 6. The van der Waals surface area contributed by atoms with Crippen LogP contribution in [0.25, 0.3) is 0 Å². The van der Waals surface area contributed by atoms with E-state index in [9.17, 15) is 23.7 Å². The fourth-order valence-electron chi connectivity index (χ4n) is 6.55. The number of carbonyl (C=O) groups is 4. The normalized spacial score (nSPS) is 15.9. The average Bonchev–Trinajstić information content (AvgIpc) is 3.44. The first kappa shape index (κ1) is 47.0. The number of unbranched alkanes of at least 4 members (excludes halogenated alkanes) is 3. The molecule has 1 amide bonds. The first-order chi connectivity index (χ1) is 27.4. The summed E-state index contributed by atoms with van der Waals surface area (Å²) in [5.74, 6) is -2.82. The molecule has 2 aliphatic rings. The highest BCUT2D eigenvalue weighted by Crippen LogP contribution is 2.63. The second-order valence-corrected chi connectivity index (χ2v) is 22.0. The number of amides is 1. The summed E-state index contributed by atoms with van der Waals surface area (Å²) < 4.78 is 43.9. The Morgan fingerprint density at radius 1 is 0.797 bits per heavy atom. The molecule has 0 bridgehead atoms. The van der Waals surface area contributed by atoms with Crippen LogP contribution in [0.4, 0.5) is 0 Å². The van der Waals surface area contributed by atoms with E-state index in [1.54, 1.807) is 54.7 Å². The van der Waals surface area contributed by atoms with Crippen molar-refractivity contribution in [1.29, 1.82) is 0 Å². The molecule has 1 atom stereocenters. The Hall–Kier alpha value is -3.02. The van der Waals surface area contributed by atoms with E-state index in [4.69, 9.17) is 81.7 Å². The summed E-state index contributed by atoms with van der Waals surface area (Å²) in [6, 6.07) is 4.37. The zero-order valence-electron chi connectivity index (χ0n) is 34.3. The maximum atomic E-state index is 14.1. The second kappa shape index (κ2) is 17.8. The van der Waals surface area contributed by atoms with Gasteiger partial charge in [-0.05, 0) is 91.8 Å². The van der Waals surface area contributed by atoms with Gasteiger partial charge in [0.2, 0.25) is 5.91 Å². The highest BCUT2D eigenvalue weighted by molar-refractivity contribution is 7.70. The number of benzene rings is 3. The Labute approximate surface area is 369 Å². The first-order valence-corrected chi connectivity index (χ1v) is 23.4. The molecule has 0 saturated heterocycles. The van der Waals surface area contributed by atoms with Crippen LogP contribution in [0.3, 0.4) is 0 Å². The van der Waals surface area contributed by atoms with E-state index in [0.29, 0.717) is 13.2 Å². The summed E-state index contributed by atoms with van der Waals surface area (Å²) in [5.41, 5.74) is -3.76. The summed E-state index contributed by atoms with van der Waals surface area (Å²) >= 11 is 34.1. The van der Waals surface area contributed by atoms with E-state index in [-0.39, 0.29) is 100.0 Å². The van der Waals surface area contributed by atoms with Crippen molar-refractivity contribution in [2.24, 2.45) is 10.8 Å². The molecule has 3 aromatic carbocycles. The van der Waals surface area contributed by atoms with Gasteiger partial charge < -0.3 is 33.6 Å². The van der Waals surface area contributed by atoms with Crippen LogP contribution in [0, 0.1) is 10.8 Å². The Bertz CT molecular complexity index is 2280. The van der Waals surface area contributed by atoms with Crippen LogP contribution in [-0.2, 0) is 40.4 Å². The van der Waals surface area contributed by atoms with Crippen molar-refractivity contribution in [3.63, 3.8) is 0 Å². The minimum atomic E-state index is -3.30. The maximum absolute atomic E-state index is 14.1. The van der Waals surface area contributed by atoms with Gasteiger partial charge in [-0.25, -0.2) is 4.79 Å². The number of aryl methyl sites for hydroxylation is 1. The summed E-state index contributed by atoms with van der Waals surface area (Å²) in [7, 11) is -1.65. The number of hydrogen-bond donors (Lipinski definition) is 1. The van der Waals surface area contributed by atoms with E-state index < -0.39 is 41.5 Å². The molecule has 0 aliphatic carbocycles. The van der Waals surface area contributed by atoms with Crippen LogP contribution in [-0.4, -0.2) is 57.4 Å². The Morgan fingerprint density at radius 2 is 1.41 bits per heavy atom. The third kappa shape index (κ3) is 9.42. The average molecular weight is 934 g/mol. The SMILES string of the molecule is COCCCCCCNC(=O)CCc1cc2c(c(Cl)c1OC(=O)C(C)(C)C)Oc1cc(OC(=O)C(C)(C)C)c(P(C)(C)=O)cc1C21OC(=O)c2c(Cl)c(Cl)c(Cl)c(Cl)c21. The van der Waals surface area contributed by atoms with Crippen molar-refractivity contribution < 1.29 is 47.4 Å². The van der Waals surface area contributed by atoms with Crippen molar-refractivity contribution >= 4 is 94.3 Å². The lowest BCUT2D eigenvalue weighted by Gasteiger charge is -2.38. The van der Waals surface area contributed by atoms with Crippen LogP contribution in [0.15, 0.2) is 18.2 Å². The van der Waals surface area contributed by atoms with E-state index in [0.717, 1.165) is 25.7 Å². The van der Waals surface area contributed by atoms with E-state index in [1.165, 1.54) is 25.5 Å². The molecule has 17 heteroatoms. The number of halogens is 5. The van der Waals surface area contributed by atoms with E-state index in [1.807, 2.05) is 0 Å². The largest absolute Gasteiger partial charge is 0.455 e. The molecular weight excluding hydrogens is 887 g/mol. The third-order valence-electron chi connectivity index (χ3n) is 9.78. The van der Waals surface area contributed by atoms with Crippen LogP contribution < -0.4 is 24.8 Å². The van der Waals surface area contributed by atoms with Gasteiger partial charge in [-0.2, -0.15) is 0 Å². The van der Waals surface area contributed by atoms with Crippen molar-refractivity contribution in [1.82, 2.24) is 5.32 Å². The zero-order valence-corrected chi connectivity index (χ0v) is 39.0. The van der Waals surface area contributed by atoms with Gasteiger partial charge in [-0.3, -0.25) is 14.4 Å². The van der Waals surface area contributed by atoms with Gasteiger partial charge >= 0.3 is 17.9 Å². The van der Waals surface area contributed by atoms with Crippen LogP contribution in [0.5, 0.6) is 23.0 Å². The highest BCUT2D eigenvalue weighted by atomic mass is 35.5. The van der Waals surface area contributed by atoms with Crippen LogP contribution in [0.1, 0.15) is 106 Å². The lowest BCUT2D eigenvalue weighted by atomic mass is 9.76. The summed E-state index contributed by atoms with van der Waals surface area (Å²) in [6.07, 6.45) is 3.54. The van der Waals surface area contributed by atoms with Gasteiger partial charge in [0.15, 0.2) is 17.1 Å². The van der Waals surface area contributed by atoms with Gasteiger partial charge in [0, 0.05) is 49.4 Å². The number of methoxy groups -OCH3 is 1. The number of esters is 3. The number of hydrogen-bond acceptors (Lipinski definition) is 10. The summed E-state index contributed by atoms with van der Waals surface area (Å²) in [6.45, 7) is 14.1. The van der Waals surface area contributed by atoms with Crippen molar-refractivity contribution in [2.75, 3.05) is 33.6 Å². The minimum Gasteiger partial charge on any atom is -0.455 e. The van der Waals surface area contributed by atoms with Gasteiger partial charge in [-0.1, -0.05) is 70.8 Å². The molecule has 1 unspecified atom stereocenters. The predicted octanol–water partition coefficient (Wildman–Crippen LogP) is 10.9. The molecule has 2 aliphatic heterocycles. The lowest BCUT2D eigenvalue weighted by molar-refractivity contribution is -0.143. The van der Waals surface area contributed by atoms with Crippen LogP contribution >= 0.6 is 65.1 Å². The Morgan fingerprint density at radius 3 is 2.02 bits per heavy atom. The highest BCUT2D eigenvalue weighted by Gasteiger charge is 2.58. The minimum absolute atomic E-state index is 0.00506. The molecule has 320 valence electrons. The lowest BCUT2D eigenvalue weighted by Crippen LogP contribution is -2.35. The fourth-order valence-corrected chi connectivity index (χ4v) is 9.00. The molecule has 0 aromatic heterocycles. The van der Waals surface area contributed by atoms with Crippen molar-refractivity contribution in [3.8, 4) is 23.0 Å². The number of nitrogens with one attached hydrogen (secondary N) is 1. The Kier molecular flexibility index (Phi) is 14.2. The summed E-state index contributed by atoms with van der Waals surface area (Å²) in [5, 5.41) is 2.03. The molecule has 3 aromatic rings. The standard InChI is InChI=1S/C42H47Cl5NO10P/c1-40(2,3)38(51)56-25-20-24-22(19-26(25)59(8,9)53)42(29-28(37(50)58-42)30(43)32(45)33(46)31(29)44)23-18-21(14-15-27(49)48-16-12-10-11-13-17-54-7)35(34(47)36(23)55-24)57-39(52)41(4,5)6/h18-20H,10-17H2,1-9H3,(H,48,49). The van der Waals surface area contributed by atoms with Gasteiger partial charge in [-0.15, -0.1) is 0 Å². The summed E-state index contributed by atoms with van der Waals surface area (Å²) in [4.78, 5) is 54.0. The van der Waals surface area contributed by atoms with Crippen molar-refractivity contribution in [3.05, 3.63) is 71.1 Å². The third-order valence-corrected chi connectivity index (χ3v) is 13.4. The van der Waals surface area contributed by atoms with E-state index in [2.05, 4.69) is 5.32 Å². The number of carbonyl (C=O) groups excluding carboxylic acids is 4. The quantitative estimate of drug-likeness (QED) is 0.0439. The molecule has 59 heavy (non-hydrogen) atoms. The second-order valence-electron chi connectivity index (χ2n) is 16.9.